The van der Waals surface area contributed by atoms with Crippen molar-refractivity contribution in [2.75, 3.05) is 43.4 Å². The fourth-order valence-corrected chi connectivity index (χ4v) is 3.08. The van der Waals surface area contributed by atoms with Crippen molar-refractivity contribution in [3.8, 4) is 0 Å². The molecule has 0 bridgehead atoms. The molecule has 5 nitrogen and oxygen atoms in total. The maximum Gasteiger partial charge on any atom is 0.229 e. The largest absolute Gasteiger partial charge is 0.354 e. The topological polar surface area (TPSA) is 44.3 Å². The van der Waals surface area contributed by atoms with Crippen molar-refractivity contribution in [3.63, 3.8) is 0 Å². The first-order chi connectivity index (χ1) is 11.5. The lowest BCUT2D eigenvalue weighted by Gasteiger charge is -2.33. The maximum atomic E-state index is 4.74. The Kier molecular flexibility index (Phi) is 5.00. The Balaban J connectivity index is 1.83. The second-order valence-electron chi connectivity index (χ2n) is 6.85. The molecule has 24 heavy (non-hydrogen) atoms. The second kappa shape index (κ2) is 7.18. The molecule has 1 N–H and O–H groups in total. The highest BCUT2D eigenvalue weighted by molar-refractivity contribution is 5.64. The van der Waals surface area contributed by atoms with Gasteiger partial charge in [0, 0.05) is 38.1 Å². The van der Waals surface area contributed by atoms with Crippen LogP contribution in [0.25, 0.3) is 0 Å². The second-order valence-corrected chi connectivity index (χ2v) is 6.85. The normalized spacial score (nSPS) is 15.8. The molecule has 0 radical (unpaired) electrons. The summed E-state index contributed by atoms with van der Waals surface area (Å²) in [4.78, 5) is 13.8. The maximum absolute atomic E-state index is 4.74. The Bertz CT molecular complexity index is 690. The number of aryl methyl sites for hydroxylation is 1. The number of aromatic nitrogens is 2. The van der Waals surface area contributed by atoms with Gasteiger partial charge >= 0.3 is 0 Å². The van der Waals surface area contributed by atoms with Crippen LogP contribution in [-0.2, 0) is 0 Å². The van der Waals surface area contributed by atoms with E-state index in [1.54, 1.807) is 0 Å². The van der Waals surface area contributed by atoms with Gasteiger partial charge in [-0.1, -0.05) is 32.0 Å². The summed E-state index contributed by atoms with van der Waals surface area (Å²) in [6.45, 7) is 10.7. The molecular weight excluding hydrogens is 298 g/mol. The average Bonchev–Trinajstić information content (AvgIpc) is 2.57. The lowest BCUT2D eigenvalue weighted by molar-refractivity contribution is 0.312. The molecule has 128 valence electrons. The van der Waals surface area contributed by atoms with E-state index in [2.05, 4.69) is 66.1 Å². The predicted molar refractivity (Wildman–Crippen MR) is 100 cm³/mol. The van der Waals surface area contributed by atoms with E-state index < -0.39 is 0 Å². The van der Waals surface area contributed by atoms with Crippen molar-refractivity contribution in [2.24, 2.45) is 0 Å². The molecule has 1 aromatic carbocycles. The summed E-state index contributed by atoms with van der Waals surface area (Å²) in [5.74, 6) is 2.12. The summed E-state index contributed by atoms with van der Waals surface area (Å²) in [7, 11) is 2.16. The van der Waals surface area contributed by atoms with Gasteiger partial charge in [-0.2, -0.15) is 4.98 Å². The van der Waals surface area contributed by atoms with Crippen LogP contribution >= 0.6 is 0 Å². The highest BCUT2D eigenvalue weighted by atomic mass is 15.3. The van der Waals surface area contributed by atoms with Gasteiger partial charge in [-0.15, -0.1) is 0 Å². The molecule has 0 saturated carbocycles. The van der Waals surface area contributed by atoms with Crippen molar-refractivity contribution in [2.45, 2.75) is 26.7 Å². The van der Waals surface area contributed by atoms with Gasteiger partial charge in [-0.25, -0.2) is 4.98 Å². The van der Waals surface area contributed by atoms with Crippen molar-refractivity contribution in [1.82, 2.24) is 14.9 Å². The monoisotopic (exact) mass is 325 g/mol. The number of piperazine rings is 1. The zero-order chi connectivity index (χ0) is 17.1. The Morgan fingerprint density at radius 3 is 2.54 bits per heavy atom. The molecule has 0 amide bonds. The van der Waals surface area contributed by atoms with Crippen LogP contribution in [0.4, 0.5) is 17.5 Å². The SMILES string of the molecule is Cc1cccc(C(C)C)c1Nc1nccc(N2CCN(C)CC2)n1. The minimum Gasteiger partial charge on any atom is -0.354 e. The summed E-state index contributed by atoms with van der Waals surface area (Å²) >= 11 is 0. The zero-order valence-electron chi connectivity index (χ0n) is 15.1. The number of benzene rings is 1. The third-order valence-electron chi connectivity index (χ3n) is 4.63. The number of nitrogens with zero attached hydrogens (tertiary/aromatic N) is 4. The van der Waals surface area contributed by atoms with Crippen LogP contribution in [0.2, 0.25) is 0 Å². The number of nitrogens with one attached hydrogen (secondary N) is 1. The lowest BCUT2D eigenvalue weighted by Crippen LogP contribution is -2.44. The predicted octanol–water partition coefficient (Wildman–Crippen LogP) is 3.40. The molecule has 3 rings (SSSR count). The summed E-state index contributed by atoms with van der Waals surface area (Å²) in [6.07, 6.45) is 1.84. The van der Waals surface area contributed by atoms with Gasteiger partial charge in [0.1, 0.15) is 5.82 Å². The van der Waals surface area contributed by atoms with Crippen LogP contribution in [0.5, 0.6) is 0 Å². The van der Waals surface area contributed by atoms with Crippen LogP contribution in [0.15, 0.2) is 30.5 Å². The number of anilines is 3. The number of para-hydroxylation sites is 1. The molecule has 0 spiro atoms. The zero-order valence-corrected chi connectivity index (χ0v) is 15.1. The Morgan fingerprint density at radius 1 is 1.08 bits per heavy atom. The number of likely N-dealkylation sites (N-methyl/N-ethyl adjacent to an activating group) is 1. The van der Waals surface area contributed by atoms with Gasteiger partial charge in [0.25, 0.3) is 0 Å². The first-order valence-corrected chi connectivity index (χ1v) is 8.67. The Morgan fingerprint density at radius 2 is 1.83 bits per heavy atom. The van der Waals surface area contributed by atoms with Crippen LogP contribution in [0.3, 0.4) is 0 Å². The molecule has 1 fully saturated rings. The van der Waals surface area contributed by atoms with E-state index in [4.69, 9.17) is 4.98 Å². The van der Waals surface area contributed by atoms with E-state index in [0.29, 0.717) is 11.9 Å². The first-order valence-electron chi connectivity index (χ1n) is 8.67. The molecule has 1 aliphatic rings. The van der Waals surface area contributed by atoms with Gasteiger partial charge in [0.2, 0.25) is 5.95 Å². The molecule has 0 aliphatic carbocycles. The summed E-state index contributed by atoms with van der Waals surface area (Å²) in [5.41, 5.74) is 3.64. The number of rotatable bonds is 4. The first kappa shape index (κ1) is 16.7. The highest BCUT2D eigenvalue weighted by Crippen LogP contribution is 2.29. The number of hydrogen-bond donors (Lipinski definition) is 1. The van der Waals surface area contributed by atoms with Crippen molar-refractivity contribution in [3.05, 3.63) is 41.6 Å². The molecule has 1 aliphatic heterocycles. The minimum absolute atomic E-state index is 0.452. The van der Waals surface area contributed by atoms with Crippen molar-refractivity contribution in [1.29, 1.82) is 0 Å². The quantitative estimate of drug-likeness (QED) is 0.933. The average molecular weight is 325 g/mol. The summed E-state index contributed by atoms with van der Waals surface area (Å²) < 4.78 is 0. The third-order valence-corrected chi connectivity index (χ3v) is 4.63. The van der Waals surface area contributed by atoms with Crippen LogP contribution < -0.4 is 10.2 Å². The summed E-state index contributed by atoms with van der Waals surface area (Å²) in [5, 5.41) is 3.45. The van der Waals surface area contributed by atoms with E-state index in [9.17, 15) is 0 Å². The van der Waals surface area contributed by atoms with E-state index >= 15 is 0 Å². The van der Waals surface area contributed by atoms with Gasteiger partial charge in [0.15, 0.2) is 0 Å². The van der Waals surface area contributed by atoms with E-state index in [0.717, 1.165) is 37.7 Å². The molecule has 2 aromatic rings. The fraction of sp³-hybridized carbons (Fsp3) is 0.474. The van der Waals surface area contributed by atoms with E-state index in [1.807, 2.05) is 12.3 Å². The Hall–Kier alpha value is -2.14. The molecule has 0 unspecified atom stereocenters. The Labute approximate surface area is 144 Å². The fourth-order valence-electron chi connectivity index (χ4n) is 3.08. The van der Waals surface area contributed by atoms with Crippen LogP contribution in [0.1, 0.15) is 30.9 Å². The molecule has 1 aromatic heterocycles. The highest BCUT2D eigenvalue weighted by Gasteiger charge is 2.16. The molecule has 2 heterocycles. The smallest absolute Gasteiger partial charge is 0.229 e. The van der Waals surface area contributed by atoms with E-state index in [-0.39, 0.29) is 0 Å². The molecular formula is C19H27N5. The standard InChI is InChI=1S/C19H27N5/c1-14(2)16-7-5-6-15(3)18(16)22-19-20-9-8-17(21-19)24-12-10-23(4)11-13-24/h5-9,14H,10-13H2,1-4H3,(H,20,21,22). The van der Waals surface area contributed by atoms with Gasteiger partial charge in [-0.3, -0.25) is 0 Å². The van der Waals surface area contributed by atoms with Crippen molar-refractivity contribution < 1.29 is 0 Å². The van der Waals surface area contributed by atoms with Gasteiger partial charge in [-0.05, 0) is 37.1 Å². The van der Waals surface area contributed by atoms with E-state index in [1.165, 1.54) is 11.1 Å². The summed E-state index contributed by atoms with van der Waals surface area (Å²) in [6, 6.07) is 8.40. The third kappa shape index (κ3) is 3.67. The molecule has 5 heteroatoms. The molecule has 0 atom stereocenters. The van der Waals surface area contributed by atoms with Crippen LogP contribution in [0, 0.1) is 6.92 Å². The van der Waals surface area contributed by atoms with Gasteiger partial charge < -0.3 is 15.1 Å². The molecule has 1 saturated heterocycles. The minimum atomic E-state index is 0.452. The van der Waals surface area contributed by atoms with Crippen molar-refractivity contribution >= 4 is 17.5 Å². The lowest BCUT2D eigenvalue weighted by atomic mass is 9.98. The van der Waals surface area contributed by atoms with Gasteiger partial charge in [0.05, 0.1) is 0 Å². The number of hydrogen-bond acceptors (Lipinski definition) is 5. The van der Waals surface area contributed by atoms with Crippen LogP contribution in [-0.4, -0.2) is 48.1 Å².